The van der Waals surface area contributed by atoms with Crippen molar-refractivity contribution in [1.82, 2.24) is 10.6 Å². The highest BCUT2D eigenvalue weighted by Crippen LogP contribution is 2.07. The molecule has 0 rings (SSSR count). The van der Waals surface area contributed by atoms with E-state index >= 15 is 0 Å². The predicted octanol–water partition coefficient (Wildman–Crippen LogP) is 1.11. The van der Waals surface area contributed by atoms with Crippen LogP contribution in [-0.2, 0) is 9.59 Å². The van der Waals surface area contributed by atoms with Crippen molar-refractivity contribution in [2.24, 2.45) is 0 Å². The van der Waals surface area contributed by atoms with Crippen LogP contribution in [0.2, 0.25) is 0 Å². The molecule has 4 nitrogen and oxygen atoms in total. The van der Waals surface area contributed by atoms with E-state index in [1.807, 2.05) is 6.26 Å². The van der Waals surface area contributed by atoms with Crippen LogP contribution < -0.4 is 10.6 Å². The molecular weight excluding hydrogens is 256 g/mol. The minimum Gasteiger partial charge on any atom is -0.355 e. The molecule has 0 saturated carbocycles. The topological polar surface area (TPSA) is 58.2 Å². The zero-order valence-corrected chi connectivity index (χ0v) is 12.4. The first-order chi connectivity index (χ1) is 8.06. The van der Waals surface area contributed by atoms with Crippen molar-refractivity contribution in [3.63, 3.8) is 0 Å². The number of rotatable bonds is 9. The van der Waals surface area contributed by atoms with Crippen LogP contribution in [0.25, 0.3) is 0 Å². The summed E-state index contributed by atoms with van der Waals surface area (Å²) in [6, 6.07) is 0. The molecule has 0 aromatic heterocycles. The first-order valence-electron chi connectivity index (χ1n) is 5.70. The van der Waals surface area contributed by atoms with Crippen LogP contribution in [-0.4, -0.2) is 47.9 Å². The van der Waals surface area contributed by atoms with E-state index in [9.17, 15) is 9.59 Å². The Bertz CT molecular complexity index is 236. The van der Waals surface area contributed by atoms with Crippen LogP contribution in [0.1, 0.15) is 20.3 Å². The van der Waals surface area contributed by atoms with Gasteiger partial charge in [0.25, 0.3) is 0 Å². The van der Waals surface area contributed by atoms with Gasteiger partial charge in [-0.25, -0.2) is 0 Å². The first-order valence-corrected chi connectivity index (χ1v) is 8.14. The summed E-state index contributed by atoms with van der Waals surface area (Å²) in [5.41, 5.74) is 0. The summed E-state index contributed by atoms with van der Waals surface area (Å²) in [5, 5.41) is 6.10. The molecule has 0 aromatic carbocycles. The standard InChI is InChI=1S/C11H22N2O2S2/c1-9(2)17-8-11(15)13-6-4-5-12-10(14)7-16-3/h9H,4-8H2,1-3H3,(H,12,14)(H,13,15). The molecule has 100 valence electrons. The minimum absolute atomic E-state index is 0.0548. The molecule has 0 aliphatic heterocycles. The van der Waals surface area contributed by atoms with Crippen molar-refractivity contribution < 1.29 is 9.59 Å². The Balaban J connectivity index is 3.33. The van der Waals surface area contributed by atoms with E-state index < -0.39 is 0 Å². The van der Waals surface area contributed by atoms with E-state index in [1.165, 1.54) is 11.8 Å². The fraction of sp³-hybridized carbons (Fsp3) is 0.818. The van der Waals surface area contributed by atoms with Crippen LogP contribution in [0.3, 0.4) is 0 Å². The highest BCUT2D eigenvalue weighted by atomic mass is 32.2. The molecule has 0 bridgehead atoms. The summed E-state index contributed by atoms with van der Waals surface area (Å²) in [6.07, 6.45) is 2.67. The maximum atomic E-state index is 11.3. The number of thioether (sulfide) groups is 2. The number of carbonyl (C=O) groups is 2. The Labute approximate surface area is 112 Å². The molecule has 0 radical (unpaired) electrons. The minimum atomic E-state index is 0.0548. The number of carbonyl (C=O) groups excluding carboxylic acids is 2. The Kier molecular flexibility index (Phi) is 10.5. The van der Waals surface area contributed by atoms with E-state index in [1.54, 1.807) is 11.8 Å². The number of hydrogen-bond donors (Lipinski definition) is 2. The van der Waals surface area contributed by atoms with E-state index in [0.29, 0.717) is 29.8 Å². The van der Waals surface area contributed by atoms with Gasteiger partial charge in [0.1, 0.15) is 0 Å². The maximum Gasteiger partial charge on any atom is 0.230 e. The molecule has 0 saturated heterocycles. The SMILES string of the molecule is CSCC(=O)NCCCNC(=O)CSC(C)C. The van der Waals surface area contributed by atoms with Crippen LogP contribution in [0, 0.1) is 0 Å². The highest BCUT2D eigenvalue weighted by Gasteiger charge is 2.03. The summed E-state index contributed by atoms with van der Waals surface area (Å²) >= 11 is 3.13. The Morgan fingerprint density at radius 3 is 2.06 bits per heavy atom. The largest absolute Gasteiger partial charge is 0.355 e. The van der Waals surface area contributed by atoms with E-state index in [2.05, 4.69) is 24.5 Å². The monoisotopic (exact) mass is 278 g/mol. The van der Waals surface area contributed by atoms with Gasteiger partial charge in [-0.1, -0.05) is 13.8 Å². The molecule has 0 unspecified atom stereocenters. The smallest absolute Gasteiger partial charge is 0.230 e. The van der Waals surface area contributed by atoms with Crippen LogP contribution in [0.5, 0.6) is 0 Å². The normalized spacial score (nSPS) is 10.4. The van der Waals surface area contributed by atoms with Gasteiger partial charge in [-0.2, -0.15) is 11.8 Å². The summed E-state index contributed by atoms with van der Waals surface area (Å²) < 4.78 is 0. The quantitative estimate of drug-likeness (QED) is 0.620. The fourth-order valence-electron chi connectivity index (χ4n) is 1.02. The molecule has 17 heavy (non-hydrogen) atoms. The van der Waals surface area contributed by atoms with E-state index in [4.69, 9.17) is 0 Å². The number of hydrogen-bond acceptors (Lipinski definition) is 4. The summed E-state index contributed by atoms with van der Waals surface area (Å²) in [6.45, 7) is 5.38. The molecule has 6 heteroatoms. The fourth-order valence-corrected chi connectivity index (χ4v) is 1.97. The first kappa shape index (κ1) is 16.6. The Hall–Kier alpha value is -0.360. The Morgan fingerprint density at radius 1 is 1.06 bits per heavy atom. The van der Waals surface area contributed by atoms with Crippen molar-refractivity contribution in [2.45, 2.75) is 25.5 Å². The second-order valence-corrected chi connectivity index (χ2v) is 6.28. The van der Waals surface area contributed by atoms with Gasteiger partial charge in [0.2, 0.25) is 11.8 Å². The summed E-state index contributed by atoms with van der Waals surface area (Å²) in [5.74, 6) is 1.13. The third-order valence-electron chi connectivity index (χ3n) is 1.82. The van der Waals surface area contributed by atoms with Gasteiger partial charge in [-0.3, -0.25) is 9.59 Å². The second kappa shape index (κ2) is 10.8. The average molecular weight is 278 g/mol. The van der Waals surface area contributed by atoms with Gasteiger partial charge in [0.05, 0.1) is 11.5 Å². The lowest BCUT2D eigenvalue weighted by molar-refractivity contribution is -0.118. The van der Waals surface area contributed by atoms with E-state index in [-0.39, 0.29) is 11.8 Å². The third-order valence-corrected chi connectivity index (χ3v) is 3.47. The summed E-state index contributed by atoms with van der Waals surface area (Å²) in [7, 11) is 0. The van der Waals surface area contributed by atoms with Gasteiger partial charge in [0.15, 0.2) is 0 Å². The predicted molar refractivity (Wildman–Crippen MR) is 76.6 cm³/mol. The van der Waals surface area contributed by atoms with Gasteiger partial charge in [-0.05, 0) is 17.9 Å². The zero-order valence-electron chi connectivity index (χ0n) is 10.7. The lowest BCUT2D eigenvalue weighted by Gasteiger charge is -2.07. The lowest BCUT2D eigenvalue weighted by atomic mass is 10.4. The second-order valence-electron chi connectivity index (χ2n) is 3.85. The van der Waals surface area contributed by atoms with Crippen LogP contribution >= 0.6 is 23.5 Å². The van der Waals surface area contributed by atoms with Crippen molar-refractivity contribution in [3.8, 4) is 0 Å². The van der Waals surface area contributed by atoms with Gasteiger partial charge in [-0.15, -0.1) is 11.8 Å². The Morgan fingerprint density at radius 2 is 1.59 bits per heavy atom. The van der Waals surface area contributed by atoms with Gasteiger partial charge in [0, 0.05) is 13.1 Å². The number of amides is 2. The molecule has 0 aliphatic carbocycles. The molecule has 0 atom stereocenters. The number of nitrogens with one attached hydrogen (secondary N) is 2. The zero-order chi connectivity index (χ0) is 13.1. The molecule has 0 heterocycles. The van der Waals surface area contributed by atoms with Crippen molar-refractivity contribution >= 4 is 35.3 Å². The van der Waals surface area contributed by atoms with Crippen molar-refractivity contribution in [1.29, 1.82) is 0 Å². The molecule has 0 aliphatic rings. The van der Waals surface area contributed by atoms with Gasteiger partial charge >= 0.3 is 0 Å². The molecule has 0 aromatic rings. The molecular formula is C11H22N2O2S2. The molecule has 0 spiro atoms. The molecule has 0 fully saturated rings. The summed E-state index contributed by atoms with van der Waals surface area (Å²) in [4.78, 5) is 22.4. The van der Waals surface area contributed by atoms with Crippen molar-refractivity contribution in [2.75, 3.05) is 30.9 Å². The van der Waals surface area contributed by atoms with Gasteiger partial charge < -0.3 is 10.6 Å². The maximum absolute atomic E-state index is 11.3. The van der Waals surface area contributed by atoms with E-state index in [0.717, 1.165) is 6.42 Å². The molecule has 2 amide bonds. The lowest BCUT2D eigenvalue weighted by Crippen LogP contribution is -2.31. The van der Waals surface area contributed by atoms with Crippen molar-refractivity contribution in [3.05, 3.63) is 0 Å². The highest BCUT2D eigenvalue weighted by molar-refractivity contribution is 8.00. The van der Waals surface area contributed by atoms with Crippen LogP contribution in [0.15, 0.2) is 0 Å². The average Bonchev–Trinajstić information content (AvgIpc) is 2.26. The van der Waals surface area contributed by atoms with Crippen LogP contribution in [0.4, 0.5) is 0 Å². The molecule has 2 N–H and O–H groups in total. The third kappa shape index (κ3) is 11.9.